The quantitative estimate of drug-likeness (QED) is 0.778. The summed E-state index contributed by atoms with van der Waals surface area (Å²) in [5.74, 6) is 0.805. The van der Waals surface area contributed by atoms with Crippen LogP contribution in [-0.2, 0) is 0 Å². The van der Waals surface area contributed by atoms with Gasteiger partial charge in [-0.3, -0.25) is 0 Å². The summed E-state index contributed by atoms with van der Waals surface area (Å²) in [4.78, 5) is 2.60. The zero-order chi connectivity index (χ0) is 10.5. The van der Waals surface area contributed by atoms with Crippen molar-refractivity contribution in [3.05, 3.63) is 35.9 Å². The Labute approximate surface area is 105 Å². The Bertz CT molecular complexity index is 278. The minimum atomic E-state index is 0. The Morgan fingerprint density at radius 1 is 1.12 bits per heavy atom. The maximum atomic E-state index is 2.60. The van der Waals surface area contributed by atoms with Crippen LogP contribution in [0.5, 0.6) is 0 Å². The highest BCUT2D eigenvalue weighted by atomic mass is 35.5. The Morgan fingerprint density at radius 2 is 1.75 bits per heavy atom. The molecular formula is C14H22ClN. The molecule has 0 N–H and O–H groups in total. The first kappa shape index (κ1) is 13.5. The second kappa shape index (κ2) is 6.93. The SMILES string of the molecule is CCCN1CCC(c2ccccc2)CC1.Cl. The van der Waals surface area contributed by atoms with Gasteiger partial charge in [-0.1, -0.05) is 37.3 Å². The highest BCUT2D eigenvalue weighted by molar-refractivity contribution is 5.85. The standard InChI is InChI=1S/C14H21N.ClH/c1-2-10-15-11-8-14(9-12-15)13-6-4-3-5-7-13;/h3-7,14H,2,8-12H2,1H3;1H. The van der Waals surface area contributed by atoms with E-state index in [1.54, 1.807) is 0 Å². The molecule has 16 heavy (non-hydrogen) atoms. The normalized spacial score (nSPS) is 18.1. The largest absolute Gasteiger partial charge is 0.303 e. The van der Waals surface area contributed by atoms with Crippen LogP contribution in [-0.4, -0.2) is 24.5 Å². The smallest absolute Gasteiger partial charge is 0.00129 e. The van der Waals surface area contributed by atoms with Gasteiger partial charge >= 0.3 is 0 Å². The van der Waals surface area contributed by atoms with Crippen molar-refractivity contribution in [1.29, 1.82) is 0 Å². The van der Waals surface area contributed by atoms with Crippen LogP contribution in [0.2, 0.25) is 0 Å². The van der Waals surface area contributed by atoms with Gasteiger partial charge in [-0.15, -0.1) is 12.4 Å². The van der Waals surface area contributed by atoms with Crippen molar-refractivity contribution in [2.45, 2.75) is 32.1 Å². The van der Waals surface area contributed by atoms with E-state index in [2.05, 4.69) is 42.2 Å². The highest BCUT2D eigenvalue weighted by Crippen LogP contribution is 2.27. The summed E-state index contributed by atoms with van der Waals surface area (Å²) < 4.78 is 0. The molecule has 0 aliphatic carbocycles. The number of nitrogens with zero attached hydrogens (tertiary/aromatic N) is 1. The molecule has 0 spiro atoms. The number of rotatable bonds is 3. The molecule has 0 saturated carbocycles. The molecule has 1 heterocycles. The third kappa shape index (κ3) is 3.50. The van der Waals surface area contributed by atoms with E-state index in [4.69, 9.17) is 0 Å². The molecule has 2 heteroatoms. The molecule has 0 aromatic heterocycles. The van der Waals surface area contributed by atoms with E-state index in [0.717, 1.165) is 5.92 Å². The molecule has 1 nitrogen and oxygen atoms in total. The fourth-order valence-corrected chi connectivity index (χ4v) is 2.53. The van der Waals surface area contributed by atoms with Crippen LogP contribution in [0.15, 0.2) is 30.3 Å². The predicted molar refractivity (Wildman–Crippen MR) is 72.4 cm³/mol. The third-order valence-electron chi connectivity index (χ3n) is 3.40. The van der Waals surface area contributed by atoms with E-state index in [1.165, 1.54) is 44.5 Å². The Kier molecular flexibility index (Phi) is 5.86. The van der Waals surface area contributed by atoms with Gasteiger partial charge in [0.25, 0.3) is 0 Å². The van der Waals surface area contributed by atoms with Crippen molar-refractivity contribution in [1.82, 2.24) is 4.90 Å². The summed E-state index contributed by atoms with van der Waals surface area (Å²) in [6.45, 7) is 6.12. The summed E-state index contributed by atoms with van der Waals surface area (Å²) in [6, 6.07) is 11.0. The second-order valence-electron chi connectivity index (χ2n) is 4.53. The average molecular weight is 240 g/mol. The summed E-state index contributed by atoms with van der Waals surface area (Å²) in [5, 5.41) is 0. The van der Waals surface area contributed by atoms with Crippen molar-refractivity contribution < 1.29 is 0 Å². The summed E-state index contributed by atoms with van der Waals surface area (Å²) >= 11 is 0. The number of likely N-dealkylation sites (tertiary alicyclic amines) is 1. The van der Waals surface area contributed by atoms with Crippen LogP contribution in [0, 0.1) is 0 Å². The molecule has 1 saturated heterocycles. The van der Waals surface area contributed by atoms with Crippen LogP contribution in [0.4, 0.5) is 0 Å². The first-order valence-electron chi connectivity index (χ1n) is 6.17. The molecule has 0 radical (unpaired) electrons. The van der Waals surface area contributed by atoms with Gasteiger partial charge in [0, 0.05) is 0 Å². The number of benzene rings is 1. The van der Waals surface area contributed by atoms with Gasteiger partial charge in [0.2, 0.25) is 0 Å². The number of piperidine rings is 1. The molecule has 0 atom stereocenters. The van der Waals surface area contributed by atoms with Crippen LogP contribution < -0.4 is 0 Å². The number of halogens is 1. The highest BCUT2D eigenvalue weighted by Gasteiger charge is 2.19. The van der Waals surface area contributed by atoms with Gasteiger partial charge in [-0.05, 0) is 50.4 Å². The lowest BCUT2D eigenvalue weighted by Crippen LogP contribution is -2.33. The minimum Gasteiger partial charge on any atom is -0.303 e. The molecule has 1 aliphatic rings. The van der Waals surface area contributed by atoms with E-state index >= 15 is 0 Å². The van der Waals surface area contributed by atoms with Crippen LogP contribution >= 0.6 is 12.4 Å². The molecule has 0 bridgehead atoms. The lowest BCUT2D eigenvalue weighted by molar-refractivity contribution is 0.213. The van der Waals surface area contributed by atoms with Gasteiger partial charge in [-0.2, -0.15) is 0 Å². The molecule has 0 amide bonds. The van der Waals surface area contributed by atoms with E-state index in [-0.39, 0.29) is 12.4 Å². The van der Waals surface area contributed by atoms with E-state index in [0.29, 0.717) is 0 Å². The van der Waals surface area contributed by atoms with Gasteiger partial charge < -0.3 is 4.90 Å². The Hall–Kier alpha value is -0.530. The van der Waals surface area contributed by atoms with Crippen LogP contribution in [0.25, 0.3) is 0 Å². The van der Waals surface area contributed by atoms with Crippen molar-refractivity contribution >= 4 is 12.4 Å². The zero-order valence-corrected chi connectivity index (χ0v) is 10.9. The minimum absolute atomic E-state index is 0. The zero-order valence-electron chi connectivity index (χ0n) is 10.1. The third-order valence-corrected chi connectivity index (χ3v) is 3.40. The van der Waals surface area contributed by atoms with Gasteiger partial charge in [0.05, 0.1) is 0 Å². The summed E-state index contributed by atoms with van der Waals surface area (Å²) in [7, 11) is 0. The average Bonchev–Trinajstić information content (AvgIpc) is 2.32. The molecule has 1 aliphatic heterocycles. The fourth-order valence-electron chi connectivity index (χ4n) is 2.53. The van der Waals surface area contributed by atoms with E-state index in [9.17, 15) is 0 Å². The van der Waals surface area contributed by atoms with Crippen molar-refractivity contribution in [2.24, 2.45) is 0 Å². The van der Waals surface area contributed by atoms with Crippen LogP contribution in [0.1, 0.15) is 37.7 Å². The molecule has 1 aromatic carbocycles. The summed E-state index contributed by atoms with van der Waals surface area (Å²) in [5.41, 5.74) is 1.54. The maximum Gasteiger partial charge on any atom is -0.00129 e. The van der Waals surface area contributed by atoms with Gasteiger partial charge in [0.15, 0.2) is 0 Å². The van der Waals surface area contributed by atoms with Crippen molar-refractivity contribution in [3.8, 4) is 0 Å². The van der Waals surface area contributed by atoms with Gasteiger partial charge in [-0.25, -0.2) is 0 Å². The molecule has 0 unspecified atom stereocenters. The summed E-state index contributed by atoms with van der Waals surface area (Å²) in [6.07, 6.45) is 3.96. The fraction of sp³-hybridized carbons (Fsp3) is 0.571. The molecular weight excluding hydrogens is 218 g/mol. The molecule has 2 rings (SSSR count). The Morgan fingerprint density at radius 3 is 2.31 bits per heavy atom. The lowest BCUT2D eigenvalue weighted by Gasteiger charge is -2.31. The number of hydrogen-bond acceptors (Lipinski definition) is 1. The van der Waals surface area contributed by atoms with Crippen molar-refractivity contribution in [3.63, 3.8) is 0 Å². The van der Waals surface area contributed by atoms with E-state index < -0.39 is 0 Å². The molecule has 1 aromatic rings. The number of hydrogen-bond donors (Lipinski definition) is 0. The maximum absolute atomic E-state index is 2.60. The first-order chi connectivity index (χ1) is 7.40. The predicted octanol–water partition coefficient (Wildman–Crippen LogP) is 3.70. The first-order valence-corrected chi connectivity index (χ1v) is 6.17. The molecule has 90 valence electrons. The van der Waals surface area contributed by atoms with Gasteiger partial charge in [0.1, 0.15) is 0 Å². The topological polar surface area (TPSA) is 3.24 Å². The van der Waals surface area contributed by atoms with E-state index in [1.807, 2.05) is 0 Å². The van der Waals surface area contributed by atoms with Crippen molar-refractivity contribution in [2.75, 3.05) is 19.6 Å². The second-order valence-corrected chi connectivity index (χ2v) is 4.53. The Balaban J connectivity index is 0.00000128. The molecule has 1 fully saturated rings. The lowest BCUT2D eigenvalue weighted by atomic mass is 9.89. The van der Waals surface area contributed by atoms with Crippen LogP contribution in [0.3, 0.4) is 0 Å². The monoisotopic (exact) mass is 239 g/mol.